The summed E-state index contributed by atoms with van der Waals surface area (Å²) in [7, 11) is 0. The van der Waals surface area contributed by atoms with Gasteiger partial charge in [0.25, 0.3) is 0 Å². The van der Waals surface area contributed by atoms with Crippen LogP contribution in [0.5, 0.6) is 5.88 Å². The molecule has 0 N–H and O–H groups in total. The summed E-state index contributed by atoms with van der Waals surface area (Å²) in [4.78, 5) is 4.24. The third-order valence-corrected chi connectivity index (χ3v) is 7.88. The second-order valence-corrected chi connectivity index (χ2v) is 11.4. The molecule has 6 heteroatoms. The first-order chi connectivity index (χ1) is 18.0. The average molecular weight is 526 g/mol. The molecule has 1 unspecified atom stereocenters. The fourth-order valence-electron chi connectivity index (χ4n) is 5.33. The number of benzene rings is 1. The van der Waals surface area contributed by atoms with Crippen LogP contribution in [-0.2, 0) is 17.5 Å². The van der Waals surface area contributed by atoms with E-state index >= 15 is 0 Å². The van der Waals surface area contributed by atoms with Crippen molar-refractivity contribution in [2.24, 2.45) is 17.3 Å². The third kappa shape index (κ3) is 6.69. The van der Waals surface area contributed by atoms with Crippen molar-refractivity contribution in [1.29, 1.82) is 0 Å². The van der Waals surface area contributed by atoms with Crippen LogP contribution in [0.15, 0.2) is 72.2 Å². The molecule has 2 fully saturated rings. The molecule has 0 spiro atoms. The highest BCUT2D eigenvalue weighted by molar-refractivity contribution is 5.68. The summed E-state index contributed by atoms with van der Waals surface area (Å²) in [6, 6.07) is 7.95. The molecule has 4 rings (SSSR count). The minimum absolute atomic E-state index is 0.000901. The fourth-order valence-corrected chi connectivity index (χ4v) is 5.33. The van der Waals surface area contributed by atoms with Gasteiger partial charge in [0.05, 0.1) is 12.2 Å². The van der Waals surface area contributed by atoms with Crippen LogP contribution in [0.1, 0.15) is 70.9 Å². The molecular formula is C32H38F3NO2. The third-order valence-electron chi connectivity index (χ3n) is 7.88. The van der Waals surface area contributed by atoms with E-state index in [1.165, 1.54) is 23.8 Å². The molecule has 0 radical (unpaired) electrons. The van der Waals surface area contributed by atoms with Gasteiger partial charge in [0.15, 0.2) is 0 Å². The molecule has 1 aromatic carbocycles. The lowest BCUT2D eigenvalue weighted by atomic mass is 9.68. The summed E-state index contributed by atoms with van der Waals surface area (Å²) < 4.78 is 53.9. The Morgan fingerprint density at radius 2 is 1.87 bits per heavy atom. The van der Waals surface area contributed by atoms with Crippen LogP contribution in [-0.4, -0.2) is 11.6 Å². The number of ether oxygens (including phenoxy) is 2. The molecule has 0 aliphatic heterocycles. The molecule has 2 aliphatic carbocycles. The lowest BCUT2D eigenvalue weighted by Crippen LogP contribution is -2.35. The second-order valence-electron chi connectivity index (χ2n) is 11.4. The monoisotopic (exact) mass is 525 g/mol. The normalized spacial score (nSPS) is 20.6. The topological polar surface area (TPSA) is 31.4 Å². The largest absolute Gasteiger partial charge is 0.490 e. The maximum Gasteiger partial charge on any atom is 0.417 e. The Labute approximate surface area is 224 Å². The first-order valence-electron chi connectivity index (χ1n) is 13.4. The molecule has 1 aromatic heterocycles. The molecule has 2 aromatic rings. The number of allylic oxidation sites excluding steroid dienone is 4. The van der Waals surface area contributed by atoms with Gasteiger partial charge in [0, 0.05) is 23.2 Å². The van der Waals surface area contributed by atoms with Crippen LogP contribution in [0.25, 0.3) is 11.1 Å². The quantitative estimate of drug-likeness (QED) is 0.306. The number of rotatable bonds is 9. The predicted octanol–water partition coefficient (Wildman–Crippen LogP) is 9.31. The molecule has 38 heavy (non-hydrogen) atoms. The van der Waals surface area contributed by atoms with Gasteiger partial charge in [-0.2, -0.15) is 13.2 Å². The van der Waals surface area contributed by atoms with E-state index in [-0.39, 0.29) is 23.5 Å². The maximum absolute atomic E-state index is 14.1. The highest BCUT2D eigenvalue weighted by atomic mass is 19.4. The van der Waals surface area contributed by atoms with Crippen LogP contribution in [0.3, 0.4) is 0 Å². The van der Waals surface area contributed by atoms with Crippen molar-refractivity contribution in [1.82, 2.24) is 4.98 Å². The summed E-state index contributed by atoms with van der Waals surface area (Å²) in [5.74, 6) is 1.68. The Kier molecular flexibility index (Phi) is 8.39. The van der Waals surface area contributed by atoms with E-state index in [0.717, 1.165) is 37.3 Å². The van der Waals surface area contributed by atoms with Crippen LogP contribution >= 0.6 is 0 Å². The van der Waals surface area contributed by atoms with Crippen LogP contribution in [0, 0.1) is 17.3 Å². The van der Waals surface area contributed by atoms with Gasteiger partial charge in [-0.15, -0.1) is 0 Å². The Balaban J connectivity index is 1.48. The van der Waals surface area contributed by atoms with Crippen molar-refractivity contribution in [3.63, 3.8) is 0 Å². The van der Waals surface area contributed by atoms with E-state index in [1.54, 1.807) is 18.2 Å². The number of hydrogen-bond donors (Lipinski definition) is 0. The Bertz CT molecular complexity index is 1220. The van der Waals surface area contributed by atoms with Crippen LogP contribution in [0.4, 0.5) is 13.2 Å². The zero-order valence-electron chi connectivity index (χ0n) is 22.8. The fraction of sp³-hybridized carbons (Fsp3) is 0.469. The number of pyridine rings is 1. The van der Waals surface area contributed by atoms with E-state index in [2.05, 4.69) is 38.4 Å². The summed E-state index contributed by atoms with van der Waals surface area (Å²) in [5, 5.41) is 0. The number of halogens is 3. The minimum atomic E-state index is -4.55. The summed E-state index contributed by atoms with van der Waals surface area (Å²) in [6.07, 6.45) is 6.33. The zero-order valence-corrected chi connectivity index (χ0v) is 22.8. The van der Waals surface area contributed by atoms with Crippen molar-refractivity contribution in [3.8, 4) is 17.0 Å². The van der Waals surface area contributed by atoms with Gasteiger partial charge in [0.1, 0.15) is 12.4 Å². The van der Waals surface area contributed by atoms with Gasteiger partial charge in [-0.3, -0.25) is 0 Å². The molecule has 3 nitrogen and oxygen atoms in total. The molecule has 0 saturated heterocycles. The second kappa shape index (κ2) is 11.4. The van der Waals surface area contributed by atoms with E-state index in [1.807, 2.05) is 19.1 Å². The molecule has 2 aliphatic rings. The van der Waals surface area contributed by atoms with E-state index < -0.39 is 11.7 Å². The molecule has 0 bridgehead atoms. The molecule has 0 amide bonds. The molecule has 2 saturated carbocycles. The Morgan fingerprint density at radius 3 is 2.53 bits per heavy atom. The molecule has 204 valence electrons. The number of aromatic nitrogens is 1. The van der Waals surface area contributed by atoms with Crippen molar-refractivity contribution in [2.75, 3.05) is 6.61 Å². The standard InChI is InChI=1S/C32H38F3NO2/c1-6-24-13-21(2)14-26(24)15-22(3)37-19-23-9-7-10-25(16-23)28-18-36-30(17-29(28)32(33,34)35)38-20-31(4,5)27-11-8-12-27/h6-7,9-10,15-18,21,27H,3,8,11-14,19-20H2,1-2,4-5H3/b24-6-,26-15-. The lowest BCUT2D eigenvalue weighted by Gasteiger charge is -2.39. The van der Waals surface area contributed by atoms with Crippen molar-refractivity contribution in [2.45, 2.75) is 72.6 Å². The number of hydrogen-bond acceptors (Lipinski definition) is 3. The molecular weight excluding hydrogens is 487 g/mol. The molecule has 1 heterocycles. The van der Waals surface area contributed by atoms with Gasteiger partial charge >= 0.3 is 6.18 Å². The van der Waals surface area contributed by atoms with Gasteiger partial charge in [-0.25, -0.2) is 4.98 Å². The molecule has 1 atom stereocenters. The maximum atomic E-state index is 14.1. The van der Waals surface area contributed by atoms with Gasteiger partial charge in [0.2, 0.25) is 5.88 Å². The van der Waals surface area contributed by atoms with E-state index in [9.17, 15) is 13.2 Å². The highest BCUT2D eigenvalue weighted by Crippen LogP contribution is 2.43. The zero-order chi connectivity index (χ0) is 27.5. The van der Waals surface area contributed by atoms with E-state index in [0.29, 0.717) is 29.8 Å². The Morgan fingerprint density at radius 1 is 1.13 bits per heavy atom. The van der Waals surface area contributed by atoms with Crippen LogP contribution in [0.2, 0.25) is 0 Å². The predicted molar refractivity (Wildman–Crippen MR) is 145 cm³/mol. The van der Waals surface area contributed by atoms with Crippen molar-refractivity contribution < 1.29 is 22.6 Å². The Hall–Kier alpha value is -3.02. The smallest absolute Gasteiger partial charge is 0.417 e. The van der Waals surface area contributed by atoms with Gasteiger partial charge in [-0.05, 0) is 78.9 Å². The van der Waals surface area contributed by atoms with Gasteiger partial charge in [-0.1, -0.05) is 58.0 Å². The van der Waals surface area contributed by atoms with Crippen LogP contribution < -0.4 is 4.74 Å². The number of nitrogens with zero attached hydrogens (tertiary/aromatic N) is 1. The minimum Gasteiger partial charge on any atom is -0.490 e. The number of alkyl halides is 3. The average Bonchev–Trinajstić information content (AvgIpc) is 3.18. The van der Waals surface area contributed by atoms with Crippen molar-refractivity contribution >= 4 is 0 Å². The highest BCUT2D eigenvalue weighted by Gasteiger charge is 2.36. The van der Waals surface area contributed by atoms with Gasteiger partial charge < -0.3 is 9.47 Å². The van der Waals surface area contributed by atoms with E-state index in [4.69, 9.17) is 9.47 Å². The van der Waals surface area contributed by atoms with Crippen molar-refractivity contribution in [3.05, 3.63) is 83.3 Å². The SMILES string of the molecule is C=C(/C=C1/CC(C)C/C1=C/C)OCc1cccc(-c2cnc(OCC(C)(C)C3CCC3)cc2C(F)(F)F)c1. The first kappa shape index (κ1) is 28.0. The lowest BCUT2D eigenvalue weighted by molar-refractivity contribution is -0.137. The summed E-state index contributed by atoms with van der Waals surface area (Å²) >= 11 is 0. The summed E-state index contributed by atoms with van der Waals surface area (Å²) in [6.45, 7) is 13.0. The summed E-state index contributed by atoms with van der Waals surface area (Å²) in [5.41, 5.74) is 2.89. The first-order valence-corrected chi connectivity index (χ1v) is 13.4.